The molecule has 0 saturated carbocycles. The van der Waals surface area contributed by atoms with Gasteiger partial charge in [-0.15, -0.1) is 11.3 Å². The molecule has 1 aromatic heterocycles. The van der Waals surface area contributed by atoms with Crippen LogP contribution in [0, 0.1) is 0 Å². The molecule has 0 bridgehead atoms. The fraction of sp³-hybridized carbons (Fsp3) is 0.407. The molecule has 0 spiro atoms. The first kappa shape index (κ1) is 25.8. The van der Waals surface area contributed by atoms with Gasteiger partial charge in [0.05, 0.1) is 33.5 Å². The maximum absolute atomic E-state index is 13.7. The first-order chi connectivity index (χ1) is 17.4. The molecule has 0 amide bonds. The van der Waals surface area contributed by atoms with Crippen LogP contribution in [0.15, 0.2) is 52.2 Å². The van der Waals surface area contributed by atoms with Crippen molar-refractivity contribution in [1.29, 1.82) is 0 Å². The summed E-state index contributed by atoms with van der Waals surface area (Å²) in [5.41, 5.74) is 3.10. The Morgan fingerprint density at radius 2 is 1.78 bits per heavy atom. The third-order valence-corrected chi connectivity index (χ3v) is 7.57. The molecule has 1 aliphatic heterocycles. The van der Waals surface area contributed by atoms with Crippen LogP contribution in [0.4, 0.5) is 0 Å². The van der Waals surface area contributed by atoms with Crippen molar-refractivity contribution in [2.75, 3.05) is 41.7 Å². The molecular weight excluding hydrogens is 482 g/mol. The molecule has 2 aromatic rings. The summed E-state index contributed by atoms with van der Waals surface area (Å²) in [5.74, 6) is 0.249. The first-order valence-electron chi connectivity index (χ1n) is 11.7. The summed E-state index contributed by atoms with van der Waals surface area (Å²) in [5, 5.41) is 5.39. The van der Waals surface area contributed by atoms with Crippen molar-refractivity contribution < 1.29 is 33.3 Å². The van der Waals surface area contributed by atoms with Crippen LogP contribution in [0.25, 0.3) is 0 Å². The highest BCUT2D eigenvalue weighted by atomic mass is 32.1. The molecule has 1 aliphatic carbocycles. The number of benzene rings is 1. The summed E-state index contributed by atoms with van der Waals surface area (Å²) in [4.78, 5) is 28.2. The molecule has 4 rings (SSSR count). The number of thiophene rings is 1. The zero-order chi connectivity index (χ0) is 25.8. The van der Waals surface area contributed by atoms with Gasteiger partial charge >= 0.3 is 5.97 Å². The quantitative estimate of drug-likeness (QED) is 0.391. The smallest absolute Gasteiger partial charge is 0.336 e. The topological polar surface area (TPSA) is 92.3 Å². The Hall–Kier alpha value is -3.30. The fourth-order valence-electron chi connectivity index (χ4n) is 4.93. The molecule has 2 atom stereocenters. The highest BCUT2D eigenvalue weighted by Crippen LogP contribution is 2.49. The van der Waals surface area contributed by atoms with Crippen LogP contribution in [0.1, 0.15) is 42.0 Å². The van der Waals surface area contributed by atoms with Gasteiger partial charge in [-0.1, -0.05) is 6.07 Å². The van der Waals surface area contributed by atoms with Gasteiger partial charge in [-0.3, -0.25) is 4.79 Å². The van der Waals surface area contributed by atoms with Gasteiger partial charge in [-0.25, -0.2) is 4.79 Å². The number of methoxy groups -OCH3 is 4. The van der Waals surface area contributed by atoms with Crippen molar-refractivity contribution in [3.8, 4) is 17.2 Å². The average molecular weight is 514 g/mol. The van der Waals surface area contributed by atoms with E-state index in [1.165, 1.54) is 26.2 Å². The lowest BCUT2D eigenvalue weighted by Gasteiger charge is -2.36. The molecule has 1 N–H and O–H groups in total. The number of hydrogen-bond acceptors (Lipinski definition) is 9. The van der Waals surface area contributed by atoms with E-state index in [1.807, 2.05) is 18.4 Å². The van der Waals surface area contributed by atoms with Gasteiger partial charge in [-0.2, -0.15) is 0 Å². The summed E-state index contributed by atoms with van der Waals surface area (Å²) < 4.78 is 27.2. The molecule has 2 heterocycles. The maximum atomic E-state index is 13.7. The highest BCUT2D eigenvalue weighted by molar-refractivity contribution is 7.10. The standard InChI is InChI=1S/C27H31NO7S/c1-15-23(27(30)35-9-8-31-2)24(17-13-20(32-3)26(34-5)21(14-17)33-4)25-18(28-15)11-16(12-19(25)29)22-7-6-10-36-22/h6-7,10,13-14,16,24,28H,8-9,11-12H2,1-5H3. The van der Waals surface area contributed by atoms with Crippen LogP contribution in [0.3, 0.4) is 0 Å². The first-order valence-corrected chi connectivity index (χ1v) is 12.5. The molecule has 0 saturated heterocycles. The molecular formula is C27H31NO7S. The minimum atomic E-state index is -0.651. The number of rotatable bonds is 9. The molecule has 8 nitrogen and oxygen atoms in total. The number of nitrogens with one attached hydrogen (secondary N) is 1. The molecule has 2 aliphatic rings. The van der Waals surface area contributed by atoms with Crippen molar-refractivity contribution >= 4 is 23.1 Å². The van der Waals surface area contributed by atoms with Crippen molar-refractivity contribution in [3.05, 3.63) is 62.6 Å². The van der Waals surface area contributed by atoms with Crippen LogP contribution in [-0.2, 0) is 19.1 Å². The lowest BCUT2D eigenvalue weighted by atomic mass is 9.72. The predicted molar refractivity (Wildman–Crippen MR) is 136 cm³/mol. The summed E-state index contributed by atoms with van der Waals surface area (Å²) in [6.07, 6.45) is 1.04. The lowest BCUT2D eigenvalue weighted by molar-refractivity contribution is -0.140. The second kappa shape index (κ2) is 11.2. The van der Waals surface area contributed by atoms with E-state index in [4.69, 9.17) is 23.7 Å². The predicted octanol–water partition coefficient (Wildman–Crippen LogP) is 4.33. The van der Waals surface area contributed by atoms with Crippen molar-refractivity contribution in [2.24, 2.45) is 0 Å². The summed E-state index contributed by atoms with van der Waals surface area (Å²) in [6, 6.07) is 7.64. The van der Waals surface area contributed by atoms with Crippen LogP contribution >= 0.6 is 11.3 Å². The van der Waals surface area contributed by atoms with Crippen LogP contribution < -0.4 is 19.5 Å². The number of carbonyl (C=O) groups excluding carboxylic acids is 2. The average Bonchev–Trinajstić information content (AvgIpc) is 3.42. The Labute approximate surface area is 214 Å². The summed E-state index contributed by atoms with van der Waals surface area (Å²) >= 11 is 1.65. The zero-order valence-corrected chi connectivity index (χ0v) is 22.0. The van der Waals surface area contributed by atoms with E-state index in [1.54, 1.807) is 30.6 Å². The van der Waals surface area contributed by atoms with Gasteiger partial charge in [-0.05, 0) is 42.5 Å². The van der Waals surface area contributed by atoms with Gasteiger partial charge in [0, 0.05) is 47.2 Å². The normalized spacial score (nSPS) is 19.5. The van der Waals surface area contributed by atoms with E-state index in [0.29, 0.717) is 52.5 Å². The number of ketones is 1. The molecule has 192 valence electrons. The third kappa shape index (κ3) is 4.85. The van der Waals surface area contributed by atoms with Crippen molar-refractivity contribution in [3.63, 3.8) is 0 Å². The second-order valence-electron chi connectivity index (χ2n) is 8.62. The Morgan fingerprint density at radius 3 is 2.36 bits per heavy atom. The third-order valence-electron chi connectivity index (χ3n) is 6.53. The fourth-order valence-corrected chi connectivity index (χ4v) is 5.76. The van der Waals surface area contributed by atoms with E-state index in [0.717, 1.165) is 5.70 Å². The van der Waals surface area contributed by atoms with Crippen LogP contribution in [-0.4, -0.2) is 53.4 Å². The number of allylic oxidation sites excluding steroid dienone is 3. The maximum Gasteiger partial charge on any atom is 0.336 e. The summed E-state index contributed by atoms with van der Waals surface area (Å²) in [7, 11) is 6.14. The van der Waals surface area contributed by atoms with Gasteiger partial charge in [0.1, 0.15) is 6.61 Å². The van der Waals surface area contributed by atoms with Gasteiger partial charge in [0.25, 0.3) is 0 Å². The van der Waals surface area contributed by atoms with Gasteiger partial charge in [0.15, 0.2) is 17.3 Å². The van der Waals surface area contributed by atoms with E-state index < -0.39 is 11.9 Å². The van der Waals surface area contributed by atoms with E-state index in [-0.39, 0.29) is 24.9 Å². The number of ether oxygens (including phenoxy) is 5. The zero-order valence-electron chi connectivity index (χ0n) is 21.1. The summed E-state index contributed by atoms with van der Waals surface area (Å²) in [6.45, 7) is 2.21. The number of esters is 1. The number of Topliss-reactive ketones (excluding diaryl/α,β-unsaturated/α-hetero) is 1. The van der Waals surface area contributed by atoms with Crippen molar-refractivity contribution in [2.45, 2.75) is 31.6 Å². The Bertz CT molecular complexity index is 1170. The second-order valence-corrected chi connectivity index (χ2v) is 9.60. The lowest BCUT2D eigenvalue weighted by Crippen LogP contribution is -2.36. The van der Waals surface area contributed by atoms with E-state index in [2.05, 4.69) is 11.4 Å². The van der Waals surface area contributed by atoms with E-state index in [9.17, 15) is 9.59 Å². The van der Waals surface area contributed by atoms with Crippen molar-refractivity contribution in [1.82, 2.24) is 5.32 Å². The Kier molecular flexibility index (Phi) is 8.01. The van der Waals surface area contributed by atoms with Gasteiger partial charge in [0.2, 0.25) is 5.75 Å². The molecule has 0 radical (unpaired) electrons. The highest BCUT2D eigenvalue weighted by Gasteiger charge is 2.42. The molecule has 36 heavy (non-hydrogen) atoms. The Balaban J connectivity index is 1.85. The minimum absolute atomic E-state index is 0.00408. The molecule has 1 aromatic carbocycles. The number of hydrogen-bond donors (Lipinski definition) is 1. The largest absolute Gasteiger partial charge is 0.493 e. The van der Waals surface area contributed by atoms with E-state index >= 15 is 0 Å². The number of dihydropyridines is 1. The van der Waals surface area contributed by atoms with Crippen LogP contribution in [0.2, 0.25) is 0 Å². The molecule has 9 heteroatoms. The molecule has 2 unspecified atom stereocenters. The van der Waals surface area contributed by atoms with Gasteiger partial charge < -0.3 is 29.0 Å². The minimum Gasteiger partial charge on any atom is -0.493 e. The monoisotopic (exact) mass is 513 g/mol. The van der Waals surface area contributed by atoms with Crippen LogP contribution in [0.5, 0.6) is 17.2 Å². The number of carbonyl (C=O) groups is 2. The Morgan fingerprint density at radius 1 is 1.06 bits per heavy atom. The molecule has 0 fully saturated rings. The SMILES string of the molecule is COCCOC(=O)C1=C(C)NC2=C(C(=O)CC(c3cccs3)C2)C1c1cc(OC)c(OC)c(OC)c1.